The molecule has 0 radical (unpaired) electrons. The summed E-state index contributed by atoms with van der Waals surface area (Å²) in [5.41, 5.74) is 8.61. The molecule has 5 aromatic rings. The van der Waals surface area contributed by atoms with Crippen LogP contribution in [0.5, 0.6) is 0 Å². The average molecular weight is 406 g/mol. The van der Waals surface area contributed by atoms with Gasteiger partial charge in [-0.25, -0.2) is 23.5 Å². The number of nitrogens with one attached hydrogen (secondary N) is 2. The van der Waals surface area contributed by atoms with E-state index in [0.717, 1.165) is 11.0 Å². The molecule has 0 saturated heterocycles. The van der Waals surface area contributed by atoms with Crippen molar-refractivity contribution < 1.29 is 13.2 Å². The Bertz CT molecular complexity index is 1530. The largest absolute Gasteiger partial charge is 0.364 e. The molecule has 5 rings (SSSR count). The van der Waals surface area contributed by atoms with Crippen molar-refractivity contribution in [1.82, 2.24) is 19.9 Å². The molecule has 6 N–H and O–H groups in total. The lowest BCUT2D eigenvalue weighted by Gasteiger charge is -2.03. The standard InChI is InChI=1S/C19H14N6O3S/c20-18(26)17-16-11(10-7-9(29(21,27)28)5-6-12(10)22-16)8-15(23-17)19-24-13-3-1-2-4-14(13)25-19/h1-8,22H,(H2,20,26)(H,24,25)(H2,21,27,28). The van der Waals surface area contributed by atoms with Crippen LogP contribution in [0.1, 0.15) is 10.5 Å². The number of nitrogens with two attached hydrogens (primary N) is 2. The summed E-state index contributed by atoms with van der Waals surface area (Å²) in [6, 6.07) is 13.6. The Kier molecular flexibility index (Phi) is 3.51. The first-order chi connectivity index (χ1) is 13.8. The van der Waals surface area contributed by atoms with Crippen LogP contribution in [0, 0.1) is 0 Å². The highest BCUT2D eigenvalue weighted by atomic mass is 32.2. The SMILES string of the molecule is NC(=O)c1nc(-c2nc3ccccc3[nH]2)cc2c1[nH]c1ccc(S(N)(=O)=O)cc12. The highest BCUT2D eigenvalue weighted by molar-refractivity contribution is 7.89. The lowest BCUT2D eigenvalue weighted by molar-refractivity contribution is 0.0997. The Morgan fingerprint density at radius 3 is 2.45 bits per heavy atom. The van der Waals surface area contributed by atoms with E-state index in [1.807, 2.05) is 24.3 Å². The van der Waals surface area contributed by atoms with Gasteiger partial charge in [0.2, 0.25) is 10.0 Å². The van der Waals surface area contributed by atoms with E-state index in [1.54, 1.807) is 12.1 Å². The molecular weight excluding hydrogens is 392 g/mol. The van der Waals surface area contributed by atoms with Crippen LogP contribution in [0.4, 0.5) is 0 Å². The molecule has 10 heteroatoms. The number of pyridine rings is 1. The van der Waals surface area contributed by atoms with Crippen molar-refractivity contribution in [2.45, 2.75) is 4.90 Å². The van der Waals surface area contributed by atoms with E-state index in [9.17, 15) is 13.2 Å². The number of rotatable bonds is 3. The number of benzene rings is 2. The molecule has 0 fully saturated rings. The monoisotopic (exact) mass is 406 g/mol. The van der Waals surface area contributed by atoms with Crippen LogP contribution in [0.3, 0.4) is 0 Å². The molecule has 0 aliphatic carbocycles. The van der Waals surface area contributed by atoms with Crippen LogP contribution in [0.25, 0.3) is 44.4 Å². The van der Waals surface area contributed by atoms with E-state index in [-0.39, 0.29) is 10.6 Å². The molecule has 0 atom stereocenters. The highest BCUT2D eigenvalue weighted by Gasteiger charge is 2.19. The molecule has 3 aromatic heterocycles. The number of fused-ring (bicyclic) bond motifs is 4. The van der Waals surface area contributed by atoms with E-state index >= 15 is 0 Å². The van der Waals surface area contributed by atoms with Gasteiger partial charge in [0.05, 0.1) is 21.4 Å². The van der Waals surface area contributed by atoms with Gasteiger partial charge in [-0.1, -0.05) is 12.1 Å². The summed E-state index contributed by atoms with van der Waals surface area (Å²) in [6.45, 7) is 0. The second-order valence-corrected chi connectivity index (χ2v) is 8.18. The predicted molar refractivity (Wildman–Crippen MR) is 109 cm³/mol. The van der Waals surface area contributed by atoms with Gasteiger partial charge in [0, 0.05) is 16.3 Å². The molecule has 1 amide bonds. The Balaban J connectivity index is 1.85. The first-order valence-corrected chi connectivity index (χ1v) is 10.1. The molecule has 3 heterocycles. The van der Waals surface area contributed by atoms with Crippen LogP contribution in [-0.2, 0) is 10.0 Å². The van der Waals surface area contributed by atoms with E-state index < -0.39 is 15.9 Å². The minimum absolute atomic E-state index is 0.0336. The zero-order valence-electron chi connectivity index (χ0n) is 14.8. The number of para-hydroxylation sites is 2. The summed E-state index contributed by atoms with van der Waals surface area (Å²) in [4.78, 5) is 27.2. The van der Waals surface area contributed by atoms with Gasteiger partial charge in [-0.3, -0.25) is 4.79 Å². The number of aromatic nitrogens is 4. The van der Waals surface area contributed by atoms with Crippen LogP contribution >= 0.6 is 0 Å². The fourth-order valence-electron chi connectivity index (χ4n) is 3.42. The van der Waals surface area contributed by atoms with Gasteiger partial charge < -0.3 is 15.7 Å². The maximum Gasteiger partial charge on any atom is 0.269 e. The number of primary amides is 1. The number of sulfonamides is 1. The first-order valence-electron chi connectivity index (χ1n) is 8.55. The van der Waals surface area contributed by atoms with Gasteiger partial charge in [-0.2, -0.15) is 0 Å². The number of amides is 1. The zero-order valence-corrected chi connectivity index (χ0v) is 15.6. The number of imidazole rings is 1. The highest BCUT2D eigenvalue weighted by Crippen LogP contribution is 2.32. The number of H-pyrrole nitrogens is 2. The third kappa shape index (κ3) is 2.73. The first kappa shape index (κ1) is 17.3. The van der Waals surface area contributed by atoms with Gasteiger partial charge in [0.15, 0.2) is 11.5 Å². The van der Waals surface area contributed by atoms with Crippen LogP contribution in [0.15, 0.2) is 53.4 Å². The van der Waals surface area contributed by atoms with Crippen molar-refractivity contribution >= 4 is 48.8 Å². The second kappa shape index (κ2) is 5.87. The number of carbonyl (C=O) groups excluding carboxylic acids is 1. The molecule has 29 heavy (non-hydrogen) atoms. The molecule has 0 spiro atoms. The molecule has 0 aliphatic heterocycles. The van der Waals surface area contributed by atoms with Crippen molar-refractivity contribution in [1.29, 1.82) is 0 Å². The van der Waals surface area contributed by atoms with Crippen LogP contribution < -0.4 is 10.9 Å². The molecule has 0 unspecified atom stereocenters. The summed E-state index contributed by atoms with van der Waals surface area (Å²) in [5.74, 6) is -0.251. The number of hydrogen-bond donors (Lipinski definition) is 4. The molecule has 2 aromatic carbocycles. The van der Waals surface area contributed by atoms with Gasteiger partial charge in [0.25, 0.3) is 5.91 Å². The van der Waals surface area contributed by atoms with E-state index in [0.29, 0.717) is 33.3 Å². The summed E-state index contributed by atoms with van der Waals surface area (Å²) < 4.78 is 23.5. The van der Waals surface area contributed by atoms with Crippen molar-refractivity contribution in [2.75, 3.05) is 0 Å². The molecule has 0 aliphatic rings. The number of nitrogens with zero attached hydrogens (tertiary/aromatic N) is 2. The maximum absolute atomic E-state index is 12.1. The van der Waals surface area contributed by atoms with E-state index in [2.05, 4.69) is 19.9 Å². The molecule has 144 valence electrons. The van der Waals surface area contributed by atoms with Crippen molar-refractivity contribution in [3.8, 4) is 11.5 Å². The van der Waals surface area contributed by atoms with Gasteiger partial charge in [-0.05, 0) is 36.4 Å². The Hall–Kier alpha value is -3.76. The van der Waals surface area contributed by atoms with Gasteiger partial charge in [0.1, 0.15) is 5.69 Å². The van der Waals surface area contributed by atoms with Crippen molar-refractivity contribution in [3.05, 3.63) is 54.2 Å². The van der Waals surface area contributed by atoms with Crippen molar-refractivity contribution in [3.63, 3.8) is 0 Å². The Morgan fingerprint density at radius 2 is 1.72 bits per heavy atom. The van der Waals surface area contributed by atoms with E-state index in [4.69, 9.17) is 10.9 Å². The number of hydrogen-bond acceptors (Lipinski definition) is 5. The lowest BCUT2D eigenvalue weighted by atomic mass is 10.1. The summed E-state index contributed by atoms with van der Waals surface area (Å²) >= 11 is 0. The molecular formula is C19H14N6O3S. The summed E-state index contributed by atoms with van der Waals surface area (Å²) in [6.07, 6.45) is 0. The minimum Gasteiger partial charge on any atom is -0.364 e. The third-order valence-corrected chi connectivity index (χ3v) is 5.67. The minimum atomic E-state index is -3.89. The lowest BCUT2D eigenvalue weighted by Crippen LogP contribution is -2.14. The van der Waals surface area contributed by atoms with Crippen LogP contribution in [-0.4, -0.2) is 34.3 Å². The zero-order chi connectivity index (χ0) is 20.3. The number of aromatic amines is 2. The van der Waals surface area contributed by atoms with Gasteiger partial charge in [-0.15, -0.1) is 0 Å². The fraction of sp³-hybridized carbons (Fsp3) is 0. The normalized spacial score (nSPS) is 12.2. The number of primary sulfonamides is 1. The number of carbonyl (C=O) groups is 1. The summed E-state index contributed by atoms with van der Waals surface area (Å²) in [5, 5.41) is 6.43. The predicted octanol–water partition coefficient (Wildman–Crippen LogP) is 2.01. The van der Waals surface area contributed by atoms with Gasteiger partial charge >= 0.3 is 0 Å². The summed E-state index contributed by atoms with van der Waals surface area (Å²) in [7, 11) is -3.89. The fourth-order valence-corrected chi connectivity index (χ4v) is 3.96. The Morgan fingerprint density at radius 1 is 0.931 bits per heavy atom. The quantitative estimate of drug-likeness (QED) is 0.360. The second-order valence-electron chi connectivity index (χ2n) is 6.62. The molecule has 0 bridgehead atoms. The third-order valence-electron chi connectivity index (χ3n) is 4.75. The smallest absolute Gasteiger partial charge is 0.269 e. The van der Waals surface area contributed by atoms with Crippen molar-refractivity contribution in [2.24, 2.45) is 10.9 Å². The molecule has 0 saturated carbocycles. The maximum atomic E-state index is 12.1. The van der Waals surface area contributed by atoms with Crippen LogP contribution in [0.2, 0.25) is 0 Å². The Labute approximate surface area is 163 Å². The molecule has 9 nitrogen and oxygen atoms in total. The van der Waals surface area contributed by atoms with E-state index in [1.165, 1.54) is 12.1 Å². The average Bonchev–Trinajstić information content (AvgIpc) is 3.27. The topological polar surface area (TPSA) is 161 Å².